The number of aliphatic hydroxyl groups excluding tert-OH is 1. The minimum absolute atomic E-state index is 0.0184. The molecule has 6 nitrogen and oxygen atoms in total. The molecule has 6 heteroatoms. The van der Waals surface area contributed by atoms with E-state index in [0.717, 1.165) is 36.6 Å². The highest BCUT2D eigenvalue weighted by Crippen LogP contribution is 2.13. The number of likely N-dealkylation sites (tertiary alicyclic amines) is 1. The molecule has 1 aliphatic heterocycles. The van der Waals surface area contributed by atoms with Crippen molar-refractivity contribution in [2.75, 3.05) is 19.6 Å². The summed E-state index contributed by atoms with van der Waals surface area (Å²) in [7, 11) is 0. The van der Waals surface area contributed by atoms with Crippen molar-refractivity contribution in [3.63, 3.8) is 0 Å². The third kappa shape index (κ3) is 5.46. The van der Waals surface area contributed by atoms with E-state index in [1.807, 2.05) is 49.9 Å². The molecule has 0 aliphatic carbocycles. The molecule has 2 rings (SSSR count). The Kier molecular flexibility index (Phi) is 7.25. The van der Waals surface area contributed by atoms with Gasteiger partial charge in [-0.1, -0.05) is 38.1 Å². The van der Waals surface area contributed by atoms with Gasteiger partial charge in [-0.3, -0.25) is 4.79 Å². The Hall–Kier alpha value is -2.08. The average Bonchev–Trinajstić information content (AvgIpc) is 3.07. The molecule has 1 saturated heterocycles. The molecular weight excluding hydrogens is 316 g/mol. The number of aliphatic hydroxyl groups is 1. The second-order valence-electron chi connectivity index (χ2n) is 6.69. The molecule has 1 heterocycles. The van der Waals surface area contributed by atoms with Gasteiger partial charge in [-0.2, -0.15) is 0 Å². The fourth-order valence-electron chi connectivity index (χ4n) is 2.99. The van der Waals surface area contributed by atoms with Crippen molar-refractivity contribution in [1.82, 2.24) is 15.5 Å². The second kappa shape index (κ2) is 9.42. The largest absolute Gasteiger partial charge is 0.392 e. The molecule has 1 atom stereocenters. The summed E-state index contributed by atoms with van der Waals surface area (Å²) in [6, 6.07) is 7.99. The number of nitrogens with zero attached hydrogens (tertiary/aromatic N) is 2. The lowest BCUT2D eigenvalue weighted by Crippen LogP contribution is -2.45. The Labute approximate surface area is 150 Å². The van der Waals surface area contributed by atoms with Gasteiger partial charge >= 0.3 is 0 Å². The molecule has 1 amide bonds. The first-order chi connectivity index (χ1) is 12.0. The summed E-state index contributed by atoms with van der Waals surface area (Å²) in [5, 5.41) is 16.1. The Morgan fingerprint density at radius 3 is 2.72 bits per heavy atom. The molecule has 0 saturated carbocycles. The van der Waals surface area contributed by atoms with Gasteiger partial charge in [0.15, 0.2) is 5.96 Å². The van der Waals surface area contributed by atoms with Gasteiger partial charge in [0.2, 0.25) is 5.91 Å². The molecule has 1 aliphatic rings. The normalized spacial score (nSPS) is 17.9. The summed E-state index contributed by atoms with van der Waals surface area (Å²) in [6.07, 6.45) is 0.927. The zero-order valence-electron chi connectivity index (χ0n) is 15.5. The highest BCUT2D eigenvalue weighted by atomic mass is 16.3. The smallest absolute Gasteiger partial charge is 0.225 e. The fraction of sp³-hybridized carbons (Fsp3) is 0.579. The highest BCUT2D eigenvalue weighted by molar-refractivity contribution is 5.81. The number of benzene rings is 1. The van der Waals surface area contributed by atoms with Crippen LogP contribution in [0, 0.1) is 5.92 Å². The van der Waals surface area contributed by atoms with Crippen molar-refractivity contribution in [2.24, 2.45) is 10.9 Å². The molecule has 1 aromatic carbocycles. The molecule has 138 valence electrons. The molecule has 25 heavy (non-hydrogen) atoms. The van der Waals surface area contributed by atoms with Gasteiger partial charge in [-0.15, -0.1) is 0 Å². The number of aliphatic imine (C=N–C) groups is 1. The average molecular weight is 346 g/mol. The number of carbonyl (C=O) groups is 1. The summed E-state index contributed by atoms with van der Waals surface area (Å²) in [5.74, 6) is 0.998. The van der Waals surface area contributed by atoms with Gasteiger partial charge in [0.05, 0.1) is 13.2 Å². The zero-order valence-corrected chi connectivity index (χ0v) is 15.5. The first-order valence-corrected chi connectivity index (χ1v) is 9.06. The predicted molar refractivity (Wildman–Crippen MR) is 100 cm³/mol. The third-order valence-electron chi connectivity index (χ3n) is 4.38. The summed E-state index contributed by atoms with van der Waals surface area (Å²) in [4.78, 5) is 18.7. The number of hydrogen-bond acceptors (Lipinski definition) is 3. The van der Waals surface area contributed by atoms with Crippen LogP contribution in [0.3, 0.4) is 0 Å². The van der Waals surface area contributed by atoms with Crippen LogP contribution in [-0.2, 0) is 17.9 Å². The van der Waals surface area contributed by atoms with Crippen LogP contribution >= 0.6 is 0 Å². The summed E-state index contributed by atoms with van der Waals surface area (Å²) < 4.78 is 0. The number of carbonyl (C=O) groups excluding carboxylic acids is 1. The number of rotatable bonds is 6. The van der Waals surface area contributed by atoms with Crippen LogP contribution < -0.4 is 10.6 Å². The van der Waals surface area contributed by atoms with E-state index in [2.05, 4.69) is 15.6 Å². The quantitative estimate of drug-likeness (QED) is 0.539. The minimum Gasteiger partial charge on any atom is -0.392 e. The molecule has 3 N–H and O–H groups in total. The van der Waals surface area contributed by atoms with E-state index in [4.69, 9.17) is 0 Å². The van der Waals surface area contributed by atoms with Gasteiger partial charge in [-0.25, -0.2) is 4.99 Å². The van der Waals surface area contributed by atoms with Gasteiger partial charge < -0.3 is 20.6 Å². The monoisotopic (exact) mass is 346 g/mol. The lowest BCUT2D eigenvalue weighted by atomic mass is 10.1. The minimum atomic E-state index is 0.0184. The maximum Gasteiger partial charge on any atom is 0.225 e. The summed E-state index contributed by atoms with van der Waals surface area (Å²) in [6.45, 7) is 8.71. The molecule has 0 bridgehead atoms. The fourth-order valence-corrected chi connectivity index (χ4v) is 2.99. The molecule has 0 radical (unpaired) electrons. The Morgan fingerprint density at radius 1 is 1.36 bits per heavy atom. The van der Waals surface area contributed by atoms with Crippen LogP contribution in [0.2, 0.25) is 0 Å². The van der Waals surface area contributed by atoms with Gasteiger partial charge in [0.25, 0.3) is 0 Å². The molecule has 1 unspecified atom stereocenters. The Balaban J connectivity index is 1.98. The lowest BCUT2D eigenvalue weighted by molar-refractivity contribution is -0.133. The van der Waals surface area contributed by atoms with Crippen LogP contribution in [0.25, 0.3) is 0 Å². The Bertz CT molecular complexity index is 601. The van der Waals surface area contributed by atoms with E-state index in [9.17, 15) is 9.90 Å². The number of nitrogens with one attached hydrogen (secondary N) is 2. The predicted octanol–water partition coefficient (Wildman–Crippen LogP) is 1.49. The molecule has 0 spiro atoms. The lowest BCUT2D eigenvalue weighted by Gasteiger charge is -2.20. The maximum atomic E-state index is 12.1. The zero-order chi connectivity index (χ0) is 18.2. The van der Waals surface area contributed by atoms with Crippen LogP contribution in [0.1, 0.15) is 38.3 Å². The maximum absolute atomic E-state index is 12.1. The van der Waals surface area contributed by atoms with Crippen LogP contribution in [0.4, 0.5) is 0 Å². The highest BCUT2D eigenvalue weighted by Gasteiger charge is 2.27. The van der Waals surface area contributed by atoms with Crippen LogP contribution in [0.15, 0.2) is 29.3 Å². The first-order valence-electron chi connectivity index (χ1n) is 9.06. The van der Waals surface area contributed by atoms with Crippen molar-refractivity contribution >= 4 is 11.9 Å². The van der Waals surface area contributed by atoms with Crippen molar-refractivity contribution in [3.05, 3.63) is 35.4 Å². The number of hydrogen-bond donors (Lipinski definition) is 3. The second-order valence-corrected chi connectivity index (χ2v) is 6.69. The number of guanidine groups is 1. The van der Waals surface area contributed by atoms with E-state index >= 15 is 0 Å². The summed E-state index contributed by atoms with van der Waals surface area (Å²) >= 11 is 0. The molecule has 0 aromatic heterocycles. The van der Waals surface area contributed by atoms with E-state index < -0.39 is 0 Å². The molecule has 1 aromatic rings. The van der Waals surface area contributed by atoms with Crippen molar-refractivity contribution in [3.8, 4) is 0 Å². The van der Waals surface area contributed by atoms with Crippen molar-refractivity contribution < 1.29 is 9.90 Å². The van der Waals surface area contributed by atoms with Crippen molar-refractivity contribution in [1.29, 1.82) is 0 Å². The molecule has 1 fully saturated rings. The third-order valence-corrected chi connectivity index (χ3v) is 4.38. The summed E-state index contributed by atoms with van der Waals surface area (Å²) in [5.41, 5.74) is 1.92. The van der Waals surface area contributed by atoms with E-state index in [1.54, 1.807) is 0 Å². The molecular formula is C19H30N4O2. The van der Waals surface area contributed by atoms with E-state index in [1.165, 1.54) is 0 Å². The SMILES string of the molecule is CCNC(=NCc1ccccc1CO)NC1CCN(C(=O)C(C)C)C1. The van der Waals surface area contributed by atoms with E-state index in [0.29, 0.717) is 13.1 Å². The topological polar surface area (TPSA) is 77.0 Å². The standard InChI is InChI=1S/C19H30N4O2/c1-4-20-19(21-11-15-7-5-6-8-16(15)13-24)22-17-9-10-23(12-17)18(25)14(2)3/h5-8,14,17,24H,4,9-13H2,1-3H3,(H2,20,21,22). The number of amides is 1. The Morgan fingerprint density at radius 2 is 2.08 bits per heavy atom. The first kappa shape index (κ1) is 19.2. The van der Waals surface area contributed by atoms with Gasteiger partial charge in [-0.05, 0) is 24.5 Å². The van der Waals surface area contributed by atoms with Gasteiger partial charge in [0, 0.05) is 31.6 Å². The van der Waals surface area contributed by atoms with Crippen LogP contribution in [-0.4, -0.2) is 47.5 Å². The van der Waals surface area contributed by atoms with Crippen LogP contribution in [0.5, 0.6) is 0 Å². The van der Waals surface area contributed by atoms with Crippen molar-refractivity contribution in [2.45, 2.75) is 46.4 Å². The van der Waals surface area contributed by atoms with E-state index in [-0.39, 0.29) is 24.5 Å². The van der Waals surface area contributed by atoms with Gasteiger partial charge in [0.1, 0.15) is 0 Å².